The molecule has 1 aliphatic heterocycles. The van der Waals surface area contributed by atoms with Gasteiger partial charge in [0.25, 0.3) is 0 Å². The Balaban J connectivity index is 1.80. The second kappa shape index (κ2) is 7.45. The summed E-state index contributed by atoms with van der Waals surface area (Å²) in [5.74, 6) is 0. The SMILES string of the molecule is C[C@@H]1C=C[C@H](c2ccccc2)N(C(=O)OCc2ccccc2)[S@@]1=O. The van der Waals surface area contributed by atoms with E-state index in [0.29, 0.717) is 0 Å². The van der Waals surface area contributed by atoms with Gasteiger partial charge in [0.1, 0.15) is 17.6 Å². The van der Waals surface area contributed by atoms with E-state index < -0.39 is 17.1 Å². The van der Waals surface area contributed by atoms with Crippen molar-refractivity contribution < 1.29 is 13.7 Å². The first-order valence-corrected chi connectivity index (χ1v) is 8.97. The van der Waals surface area contributed by atoms with Gasteiger partial charge in [0.15, 0.2) is 0 Å². The Morgan fingerprint density at radius 3 is 2.33 bits per heavy atom. The molecule has 0 unspecified atom stereocenters. The topological polar surface area (TPSA) is 46.6 Å². The number of hydrogen-bond acceptors (Lipinski definition) is 3. The lowest BCUT2D eigenvalue weighted by Crippen LogP contribution is -2.41. The van der Waals surface area contributed by atoms with Gasteiger partial charge in [-0.1, -0.05) is 72.8 Å². The molecular weight excluding hydrogens is 322 g/mol. The highest BCUT2D eigenvalue weighted by Gasteiger charge is 2.35. The van der Waals surface area contributed by atoms with Crippen LogP contribution in [0.1, 0.15) is 24.1 Å². The van der Waals surface area contributed by atoms with Crippen molar-refractivity contribution in [1.29, 1.82) is 0 Å². The summed E-state index contributed by atoms with van der Waals surface area (Å²) in [5, 5.41) is -0.228. The highest BCUT2D eigenvalue weighted by atomic mass is 32.2. The number of hydrogen-bond donors (Lipinski definition) is 0. The predicted molar refractivity (Wildman–Crippen MR) is 94.4 cm³/mol. The Kier molecular flexibility index (Phi) is 5.11. The van der Waals surface area contributed by atoms with E-state index in [4.69, 9.17) is 4.74 Å². The van der Waals surface area contributed by atoms with Crippen molar-refractivity contribution in [2.75, 3.05) is 0 Å². The summed E-state index contributed by atoms with van der Waals surface area (Å²) in [5.41, 5.74) is 1.80. The number of ether oxygens (including phenoxy) is 1. The number of carbonyl (C=O) groups excluding carboxylic acids is 1. The monoisotopic (exact) mass is 341 g/mol. The van der Waals surface area contributed by atoms with Crippen LogP contribution < -0.4 is 0 Å². The van der Waals surface area contributed by atoms with Crippen LogP contribution in [0, 0.1) is 0 Å². The summed E-state index contributed by atoms with van der Waals surface area (Å²) in [6, 6.07) is 18.6. The van der Waals surface area contributed by atoms with Crippen LogP contribution in [0.5, 0.6) is 0 Å². The molecule has 0 spiro atoms. The number of amides is 1. The average molecular weight is 341 g/mol. The Labute approximate surface area is 144 Å². The van der Waals surface area contributed by atoms with Crippen LogP contribution in [-0.4, -0.2) is 19.9 Å². The van der Waals surface area contributed by atoms with Gasteiger partial charge in [0.05, 0.1) is 11.3 Å². The largest absolute Gasteiger partial charge is 0.444 e. The van der Waals surface area contributed by atoms with Gasteiger partial charge >= 0.3 is 6.09 Å². The molecule has 5 heteroatoms. The molecule has 2 aromatic carbocycles. The number of nitrogens with zero attached hydrogens (tertiary/aromatic N) is 1. The summed E-state index contributed by atoms with van der Waals surface area (Å²) in [4.78, 5) is 12.6. The van der Waals surface area contributed by atoms with Gasteiger partial charge in [0.2, 0.25) is 0 Å². The van der Waals surface area contributed by atoms with Gasteiger partial charge in [-0.3, -0.25) is 0 Å². The quantitative estimate of drug-likeness (QED) is 0.793. The van der Waals surface area contributed by atoms with E-state index in [2.05, 4.69) is 0 Å². The molecule has 24 heavy (non-hydrogen) atoms. The fourth-order valence-electron chi connectivity index (χ4n) is 2.56. The number of carbonyl (C=O) groups is 1. The number of rotatable bonds is 3. The van der Waals surface area contributed by atoms with Gasteiger partial charge in [0, 0.05) is 0 Å². The van der Waals surface area contributed by atoms with Gasteiger partial charge in [-0.15, -0.1) is 0 Å². The van der Waals surface area contributed by atoms with Gasteiger partial charge < -0.3 is 4.74 Å². The molecule has 0 N–H and O–H groups in total. The zero-order valence-corrected chi connectivity index (χ0v) is 14.2. The van der Waals surface area contributed by atoms with E-state index in [0.717, 1.165) is 11.1 Å². The van der Waals surface area contributed by atoms with Crippen molar-refractivity contribution in [3.05, 3.63) is 83.9 Å². The molecule has 124 valence electrons. The zero-order chi connectivity index (χ0) is 16.9. The van der Waals surface area contributed by atoms with Crippen molar-refractivity contribution in [2.45, 2.75) is 24.8 Å². The van der Waals surface area contributed by atoms with Gasteiger partial charge in [-0.05, 0) is 18.1 Å². The molecule has 0 saturated heterocycles. The predicted octanol–water partition coefficient (Wildman–Crippen LogP) is 3.99. The van der Waals surface area contributed by atoms with Crippen molar-refractivity contribution in [3.63, 3.8) is 0 Å². The second-order valence-electron chi connectivity index (χ2n) is 5.59. The average Bonchev–Trinajstić information content (AvgIpc) is 2.63. The zero-order valence-electron chi connectivity index (χ0n) is 13.4. The normalized spacial score (nSPS) is 23.0. The van der Waals surface area contributed by atoms with Crippen LogP contribution >= 0.6 is 0 Å². The van der Waals surface area contributed by atoms with Gasteiger partial charge in [-0.25, -0.2) is 13.3 Å². The number of benzene rings is 2. The minimum Gasteiger partial charge on any atom is -0.444 e. The molecule has 0 radical (unpaired) electrons. The van der Waals surface area contributed by atoms with Gasteiger partial charge in [-0.2, -0.15) is 0 Å². The maximum Gasteiger partial charge on any atom is 0.422 e. The molecule has 3 rings (SSSR count). The van der Waals surface area contributed by atoms with E-state index in [-0.39, 0.29) is 17.9 Å². The molecule has 2 aromatic rings. The molecule has 1 amide bonds. The lowest BCUT2D eigenvalue weighted by atomic mass is 10.1. The molecule has 1 heterocycles. The summed E-state index contributed by atoms with van der Waals surface area (Å²) < 4.78 is 19.4. The van der Waals surface area contributed by atoms with Crippen molar-refractivity contribution in [3.8, 4) is 0 Å². The van der Waals surface area contributed by atoms with E-state index >= 15 is 0 Å². The summed E-state index contributed by atoms with van der Waals surface area (Å²) in [6.07, 6.45) is 3.22. The Hall–Kier alpha value is -2.40. The Morgan fingerprint density at radius 1 is 1.04 bits per heavy atom. The standard InChI is InChI=1S/C19H19NO3S/c1-15-12-13-18(17-10-6-3-7-11-17)20(24(15)22)19(21)23-14-16-8-4-2-5-9-16/h2-13,15,18H,14H2,1H3/t15-,18-,24-/m1/s1. The van der Waals surface area contributed by atoms with Crippen LogP contribution in [0.15, 0.2) is 72.8 Å². The van der Waals surface area contributed by atoms with Crippen molar-refractivity contribution in [1.82, 2.24) is 4.31 Å². The molecule has 0 fully saturated rings. The third kappa shape index (κ3) is 3.57. The third-order valence-electron chi connectivity index (χ3n) is 3.86. The van der Waals surface area contributed by atoms with E-state index in [9.17, 15) is 9.00 Å². The first-order valence-electron chi connectivity index (χ1n) is 7.80. The smallest absolute Gasteiger partial charge is 0.422 e. The maximum absolute atomic E-state index is 12.6. The lowest BCUT2D eigenvalue weighted by Gasteiger charge is -2.32. The molecule has 3 atom stereocenters. The first kappa shape index (κ1) is 16.5. The molecular formula is C19H19NO3S. The van der Waals surface area contributed by atoms with Crippen LogP contribution in [-0.2, 0) is 22.3 Å². The second-order valence-corrected chi connectivity index (χ2v) is 7.28. The van der Waals surface area contributed by atoms with Crippen LogP contribution in [0.3, 0.4) is 0 Å². The minimum atomic E-state index is -1.47. The third-order valence-corrected chi connectivity index (χ3v) is 5.41. The van der Waals surface area contributed by atoms with Crippen LogP contribution in [0.4, 0.5) is 4.79 Å². The van der Waals surface area contributed by atoms with Crippen LogP contribution in [0.25, 0.3) is 0 Å². The highest BCUT2D eigenvalue weighted by molar-refractivity contribution is 7.84. The van der Waals surface area contributed by atoms with E-state index in [1.807, 2.05) is 79.7 Å². The summed E-state index contributed by atoms with van der Waals surface area (Å²) in [7, 11) is -1.47. The molecule has 0 aliphatic carbocycles. The fraction of sp³-hybridized carbons (Fsp3) is 0.211. The van der Waals surface area contributed by atoms with Crippen molar-refractivity contribution in [2.24, 2.45) is 0 Å². The molecule has 0 saturated carbocycles. The Bertz CT molecular complexity index is 746. The first-order chi connectivity index (χ1) is 11.7. The highest BCUT2D eigenvalue weighted by Crippen LogP contribution is 2.30. The molecule has 0 bridgehead atoms. The minimum absolute atomic E-state index is 0.160. The van der Waals surface area contributed by atoms with Crippen molar-refractivity contribution >= 4 is 17.1 Å². The lowest BCUT2D eigenvalue weighted by molar-refractivity contribution is 0.115. The maximum atomic E-state index is 12.6. The molecule has 1 aliphatic rings. The van der Waals surface area contributed by atoms with E-state index in [1.165, 1.54) is 4.31 Å². The summed E-state index contributed by atoms with van der Waals surface area (Å²) >= 11 is 0. The van der Waals surface area contributed by atoms with E-state index in [1.54, 1.807) is 0 Å². The molecule has 0 aromatic heterocycles. The van der Waals surface area contributed by atoms with Crippen LogP contribution in [0.2, 0.25) is 0 Å². The summed E-state index contributed by atoms with van der Waals surface area (Å²) in [6.45, 7) is 1.98. The molecule has 4 nitrogen and oxygen atoms in total. The Morgan fingerprint density at radius 2 is 1.67 bits per heavy atom. The fourth-order valence-corrected chi connectivity index (χ4v) is 3.76.